The number of imidazole rings is 1. The van der Waals surface area contributed by atoms with Gasteiger partial charge in [-0.1, -0.05) is 11.6 Å². The number of pyridine rings is 1. The van der Waals surface area contributed by atoms with Crippen LogP contribution >= 0.6 is 11.6 Å². The van der Waals surface area contributed by atoms with Crippen LogP contribution in [0.25, 0.3) is 22.4 Å². The van der Waals surface area contributed by atoms with Crippen LogP contribution < -0.4 is 4.74 Å². The van der Waals surface area contributed by atoms with Gasteiger partial charge in [-0.3, -0.25) is 4.79 Å². The zero-order valence-electron chi connectivity index (χ0n) is 16.8. The number of aromatic nitrogens is 3. The Balaban J connectivity index is 1.51. The van der Waals surface area contributed by atoms with Crippen LogP contribution in [-0.4, -0.2) is 33.6 Å². The number of halogens is 2. The molecule has 2 heterocycles. The highest BCUT2D eigenvalue weighted by atomic mass is 35.5. The van der Waals surface area contributed by atoms with Gasteiger partial charge in [0.2, 0.25) is 0 Å². The van der Waals surface area contributed by atoms with Crippen LogP contribution in [0, 0.1) is 23.1 Å². The number of rotatable bonds is 5. The molecule has 4 rings (SSSR count). The molecule has 0 aliphatic heterocycles. The highest BCUT2D eigenvalue weighted by Crippen LogP contribution is 2.32. The first-order valence-electron chi connectivity index (χ1n) is 10.1. The molecule has 0 saturated heterocycles. The van der Waals surface area contributed by atoms with Crippen molar-refractivity contribution < 1.29 is 18.7 Å². The Morgan fingerprint density at radius 2 is 2.06 bits per heavy atom. The molecule has 1 aliphatic rings. The van der Waals surface area contributed by atoms with E-state index in [1.165, 1.54) is 18.2 Å². The second kappa shape index (κ2) is 8.90. The zero-order valence-corrected chi connectivity index (χ0v) is 17.6. The molecule has 1 fully saturated rings. The number of carbonyl (C=O) groups excluding carboxylic acids is 1. The van der Waals surface area contributed by atoms with E-state index in [2.05, 4.69) is 15.0 Å². The number of benzene rings is 1. The van der Waals surface area contributed by atoms with Crippen molar-refractivity contribution in [2.24, 2.45) is 5.92 Å². The first kappa shape index (κ1) is 21.1. The Morgan fingerprint density at radius 1 is 1.29 bits per heavy atom. The van der Waals surface area contributed by atoms with Gasteiger partial charge in [-0.25, -0.2) is 9.37 Å². The van der Waals surface area contributed by atoms with Crippen molar-refractivity contribution in [2.75, 3.05) is 6.61 Å². The van der Waals surface area contributed by atoms with Crippen molar-refractivity contribution in [3.63, 3.8) is 0 Å². The molecule has 0 unspecified atom stereocenters. The summed E-state index contributed by atoms with van der Waals surface area (Å²) < 4.78 is 24.7. The van der Waals surface area contributed by atoms with Gasteiger partial charge < -0.3 is 14.5 Å². The molecule has 160 valence electrons. The number of nitrogens with one attached hydrogen (secondary N) is 1. The van der Waals surface area contributed by atoms with E-state index in [4.69, 9.17) is 26.3 Å². The molecule has 0 radical (unpaired) electrons. The minimum atomic E-state index is -0.600. The summed E-state index contributed by atoms with van der Waals surface area (Å²) in [6.45, 7) is 2.19. The standard InChI is InChI=1S/C22H20ClFN4O3/c1-2-30-21(29)12-3-6-15(7-4-12)31-22-26-18-10-16(23)19(27-20(18)28-22)13-5-8-17(24)14(9-13)11-25/h5,8-10,12,15H,2-4,6-7H2,1H3,(H,26,27,28)/t12-,15-. The molecular formula is C22H20ClFN4O3. The maximum atomic E-state index is 13.6. The predicted molar refractivity (Wildman–Crippen MR) is 112 cm³/mol. The summed E-state index contributed by atoms with van der Waals surface area (Å²) in [6.07, 6.45) is 2.82. The number of hydrogen-bond donors (Lipinski definition) is 1. The number of hydrogen-bond acceptors (Lipinski definition) is 6. The van der Waals surface area contributed by atoms with E-state index in [9.17, 15) is 9.18 Å². The number of nitriles is 1. The normalized spacial score (nSPS) is 18.5. The lowest BCUT2D eigenvalue weighted by atomic mass is 9.87. The third-order valence-corrected chi connectivity index (χ3v) is 5.63. The second-order valence-electron chi connectivity index (χ2n) is 7.38. The molecule has 31 heavy (non-hydrogen) atoms. The van der Waals surface area contributed by atoms with Crippen LogP contribution in [0.4, 0.5) is 4.39 Å². The highest BCUT2D eigenvalue weighted by molar-refractivity contribution is 6.33. The molecule has 1 saturated carbocycles. The van der Waals surface area contributed by atoms with E-state index in [0.29, 0.717) is 52.9 Å². The summed E-state index contributed by atoms with van der Waals surface area (Å²) in [5, 5.41) is 9.40. The third kappa shape index (κ3) is 4.47. The van der Waals surface area contributed by atoms with Crippen LogP contribution in [0.3, 0.4) is 0 Å². The van der Waals surface area contributed by atoms with Gasteiger partial charge in [0.05, 0.1) is 34.3 Å². The average Bonchev–Trinajstić information content (AvgIpc) is 3.15. The molecule has 9 heteroatoms. The van der Waals surface area contributed by atoms with E-state index in [0.717, 1.165) is 12.8 Å². The molecule has 0 bridgehead atoms. The van der Waals surface area contributed by atoms with Crippen LogP contribution in [-0.2, 0) is 9.53 Å². The van der Waals surface area contributed by atoms with Gasteiger partial charge in [-0.15, -0.1) is 0 Å². The summed E-state index contributed by atoms with van der Waals surface area (Å²) >= 11 is 6.37. The molecule has 1 N–H and O–H groups in total. The van der Waals surface area contributed by atoms with Crippen molar-refractivity contribution in [3.05, 3.63) is 40.7 Å². The van der Waals surface area contributed by atoms with Crippen LogP contribution in [0.15, 0.2) is 24.3 Å². The van der Waals surface area contributed by atoms with E-state index >= 15 is 0 Å². The first-order chi connectivity index (χ1) is 15.0. The monoisotopic (exact) mass is 442 g/mol. The maximum Gasteiger partial charge on any atom is 0.308 e. The van der Waals surface area contributed by atoms with Gasteiger partial charge in [0.1, 0.15) is 18.0 Å². The number of fused-ring (bicyclic) bond motifs is 1. The number of aromatic amines is 1. The van der Waals surface area contributed by atoms with Gasteiger partial charge in [0.15, 0.2) is 5.65 Å². The smallest absolute Gasteiger partial charge is 0.308 e. The van der Waals surface area contributed by atoms with E-state index < -0.39 is 5.82 Å². The Morgan fingerprint density at radius 3 is 2.77 bits per heavy atom. The van der Waals surface area contributed by atoms with Crippen molar-refractivity contribution in [1.82, 2.24) is 15.0 Å². The van der Waals surface area contributed by atoms with Gasteiger partial charge in [0.25, 0.3) is 6.01 Å². The number of H-pyrrole nitrogens is 1. The maximum absolute atomic E-state index is 13.6. The molecule has 0 spiro atoms. The van der Waals surface area contributed by atoms with Crippen molar-refractivity contribution >= 4 is 28.7 Å². The van der Waals surface area contributed by atoms with Crippen molar-refractivity contribution in [1.29, 1.82) is 5.26 Å². The van der Waals surface area contributed by atoms with E-state index in [-0.39, 0.29) is 23.6 Å². The Kier molecular flexibility index (Phi) is 6.05. The number of carbonyl (C=O) groups is 1. The topological polar surface area (TPSA) is 101 Å². The SMILES string of the molecule is CCOC(=O)[C@H]1CC[C@H](Oc2nc3nc(-c4ccc(F)c(C#N)c4)c(Cl)cc3[nH]2)CC1. The summed E-state index contributed by atoms with van der Waals surface area (Å²) in [4.78, 5) is 23.8. The van der Waals surface area contributed by atoms with Gasteiger partial charge in [-0.05, 0) is 56.9 Å². The molecule has 2 aromatic heterocycles. The fraction of sp³-hybridized carbons (Fsp3) is 0.364. The largest absolute Gasteiger partial charge is 0.466 e. The third-order valence-electron chi connectivity index (χ3n) is 5.34. The average molecular weight is 443 g/mol. The van der Waals surface area contributed by atoms with E-state index in [1.807, 2.05) is 6.07 Å². The zero-order chi connectivity index (χ0) is 22.0. The summed E-state index contributed by atoms with van der Waals surface area (Å²) in [6, 6.07) is 7.94. The first-order valence-corrected chi connectivity index (χ1v) is 10.5. The number of nitrogens with zero attached hydrogens (tertiary/aromatic N) is 3. The molecule has 0 atom stereocenters. The molecule has 7 nitrogen and oxygen atoms in total. The van der Waals surface area contributed by atoms with Crippen molar-refractivity contribution in [3.8, 4) is 23.3 Å². The fourth-order valence-corrected chi connectivity index (χ4v) is 4.01. The van der Waals surface area contributed by atoms with Gasteiger partial charge in [0, 0.05) is 5.56 Å². The van der Waals surface area contributed by atoms with Gasteiger partial charge >= 0.3 is 5.97 Å². The lowest BCUT2D eigenvalue weighted by molar-refractivity contribution is -0.149. The molecule has 1 aromatic carbocycles. The fourth-order valence-electron chi connectivity index (χ4n) is 3.75. The highest BCUT2D eigenvalue weighted by Gasteiger charge is 2.28. The lowest BCUT2D eigenvalue weighted by Gasteiger charge is -2.26. The molecule has 1 aliphatic carbocycles. The van der Waals surface area contributed by atoms with E-state index in [1.54, 1.807) is 13.0 Å². The Bertz CT molecular complexity index is 1170. The quantitative estimate of drug-likeness (QED) is 0.570. The minimum absolute atomic E-state index is 0.0588. The van der Waals surface area contributed by atoms with Crippen molar-refractivity contribution in [2.45, 2.75) is 38.7 Å². The Labute approximate surface area is 183 Å². The molecule has 0 amide bonds. The molecule has 3 aromatic rings. The molecular weight excluding hydrogens is 423 g/mol. The summed E-state index contributed by atoms with van der Waals surface area (Å²) in [5.41, 5.74) is 1.84. The van der Waals surface area contributed by atoms with Crippen LogP contribution in [0.5, 0.6) is 6.01 Å². The number of ether oxygens (including phenoxy) is 2. The number of esters is 1. The lowest BCUT2D eigenvalue weighted by Crippen LogP contribution is -2.29. The minimum Gasteiger partial charge on any atom is -0.466 e. The van der Waals surface area contributed by atoms with Gasteiger partial charge in [-0.2, -0.15) is 10.2 Å². The summed E-state index contributed by atoms with van der Waals surface area (Å²) in [5.74, 6) is -0.819. The summed E-state index contributed by atoms with van der Waals surface area (Å²) in [7, 11) is 0. The Hall–Kier alpha value is -3.18. The predicted octanol–water partition coefficient (Wildman–Crippen LogP) is 4.79. The second-order valence-corrected chi connectivity index (χ2v) is 7.79. The van der Waals surface area contributed by atoms with Crippen LogP contribution in [0.1, 0.15) is 38.2 Å². The van der Waals surface area contributed by atoms with Crippen LogP contribution in [0.2, 0.25) is 5.02 Å².